The van der Waals surface area contributed by atoms with Crippen molar-refractivity contribution in [3.8, 4) is 5.75 Å². The van der Waals surface area contributed by atoms with Gasteiger partial charge in [0, 0.05) is 41.2 Å². The highest BCUT2D eigenvalue weighted by molar-refractivity contribution is 6.26. The van der Waals surface area contributed by atoms with Gasteiger partial charge in [0.15, 0.2) is 0 Å². The summed E-state index contributed by atoms with van der Waals surface area (Å²) in [6.45, 7) is 2.10. The Morgan fingerprint density at radius 3 is 2.36 bits per heavy atom. The lowest BCUT2D eigenvalue weighted by Gasteiger charge is -2.19. The van der Waals surface area contributed by atoms with E-state index < -0.39 is 0 Å². The third-order valence-corrected chi connectivity index (χ3v) is 6.41. The van der Waals surface area contributed by atoms with Crippen LogP contribution >= 0.6 is 37.2 Å². The van der Waals surface area contributed by atoms with Gasteiger partial charge in [0.2, 0.25) is 0 Å². The van der Waals surface area contributed by atoms with Crippen LogP contribution in [0.25, 0.3) is 10.8 Å². The summed E-state index contributed by atoms with van der Waals surface area (Å²) >= 11 is 0. The van der Waals surface area contributed by atoms with Crippen LogP contribution in [0.15, 0.2) is 54.6 Å². The molecule has 3 aromatic carbocycles. The molecule has 0 saturated carbocycles. The maximum Gasteiger partial charge on any atom is 0.258 e. The number of hydrogen-bond donors (Lipinski definition) is 3. The number of amides is 1. The second-order valence-corrected chi connectivity index (χ2v) is 8.71. The molecule has 9 heteroatoms. The SMILES string of the molecule is COc1ccc(CNc2ccc3c4c(cccc24)C(=O)N3CCCC(N)CCCCN)cc1.Cl.Cl.Cl. The second-order valence-electron chi connectivity index (χ2n) is 8.71. The van der Waals surface area contributed by atoms with E-state index in [1.54, 1.807) is 7.11 Å². The van der Waals surface area contributed by atoms with Gasteiger partial charge in [-0.25, -0.2) is 0 Å². The van der Waals surface area contributed by atoms with Crippen molar-refractivity contribution in [2.45, 2.75) is 44.7 Å². The summed E-state index contributed by atoms with van der Waals surface area (Å²) in [6, 6.07) is 18.3. The van der Waals surface area contributed by atoms with E-state index in [4.69, 9.17) is 16.2 Å². The Morgan fingerprint density at radius 2 is 1.67 bits per heavy atom. The smallest absolute Gasteiger partial charge is 0.258 e. The van der Waals surface area contributed by atoms with Gasteiger partial charge in [0.25, 0.3) is 5.91 Å². The average Bonchev–Trinajstić information content (AvgIpc) is 3.12. The number of unbranched alkanes of at least 4 members (excludes halogenated alkanes) is 1. The Morgan fingerprint density at radius 1 is 0.944 bits per heavy atom. The van der Waals surface area contributed by atoms with Crippen LogP contribution in [-0.2, 0) is 6.54 Å². The standard InChI is InChI=1S/C27H34N4O2.3ClH/c1-33-21-12-10-19(11-13-21)18-30-24-14-15-25-26-22(24)8-4-9-23(26)27(32)31(25)17-5-7-20(29)6-2-3-16-28;;;/h4,8-15,20,30H,2-3,5-7,16-18,28-29H2,1H3;3*1H. The Hall–Kier alpha value is -2.22. The minimum absolute atomic E-state index is 0. The average molecular weight is 556 g/mol. The summed E-state index contributed by atoms with van der Waals surface area (Å²) < 4.78 is 5.24. The number of ether oxygens (including phenoxy) is 1. The lowest BCUT2D eigenvalue weighted by atomic mass is 10.0. The molecule has 198 valence electrons. The van der Waals surface area contributed by atoms with Crippen LogP contribution in [0.5, 0.6) is 5.75 Å². The first kappa shape index (κ1) is 31.8. The largest absolute Gasteiger partial charge is 0.497 e. The molecule has 0 bridgehead atoms. The highest BCUT2D eigenvalue weighted by Gasteiger charge is 2.30. The molecule has 4 rings (SSSR count). The molecular formula is C27H37Cl3N4O2. The number of hydrogen-bond acceptors (Lipinski definition) is 5. The fourth-order valence-corrected chi connectivity index (χ4v) is 4.57. The molecule has 1 aliphatic rings. The van der Waals surface area contributed by atoms with E-state index in [0.717, 1.165) is 65.6 Å². The highest BCUT2D eigenvalue weighted by atomic mass is 35.5. The first-order chi connectivity index (χ1) is 16.1. The van der Waals surface area contributed by atoms with E-state index in [0.29, 0.717) is 19.6 Å². The topological polar surface area (TPSA) is 93.6 Å². The number of halogens is 3. The van der Waals surface area contributed by atoms with Gasteiger partial charge in [-0.1, -0.05) is 30.7 Å². The van der Waals surface area contributed by atoms with Crippen molar-refractivity contribution in [1.82, 2.24) is 0 Å². The number of benzene rings is 3. The van der Waals surface area contributed by atoms with Gasteiger partial charge in [-0.3, -0.25) is 4.79 Å². The molecule has 1 unspecified atom stereocenters. The first-order valence-corrected chi connectivity index (χ1v) is 11.8. The van der Waals surface area contributed by atoms with Gasteiger partial charge in [0.05, 0.1) is 12.8 Å². The molecule has 0 aromatic heterocycles. The maximum absolute atomic E-state index is 13.2. The minimum Gasteiger partial charge on any atom is -0.497 e. The fraction of sp³-hybridized carbons (Fsp3) is 0.370. The molecule has 0 aliphatic carbocycles. The van der Waals surface area contributed by atoms with Crippen molar-refractivity contribution in [3.63, 3.8) is 0 Å². The molecule has 1 amide bonds. The second kappa shape index (κ2) is 15.1. The molecule has 0 fully saturated rings. The number of nitrogens with one attached hydrogen (secondary N) is 1. The zero-order valence-electron chi connectivity index (χ0n) is 20.6. The van der Waals surface area contributed by atoms with Gasteiger partial charge >= 0.3 is 0 Å². The van der Waals surface area contributed by atoms with Crippen LogP contribution in [0, 0.1) is 0 Å². The highest BCUT2D eigenvalue weighted by Crippen LogP contribution is 2.40. The van der Waals surface area contributed by atoms with Crippen molar-refractivity contribution in [1.29, 1.82) is 0 Å². The van der Waals surface area contributed by atoms with Gasteiger partial charge in [-0.05, 0) is 68.1 Å². The third kappa shape index (κ3) is 7.17. The van der Waals surface area contributed by atoms with E-state index in [-0.39, 0.29) is 49.2 Å². The molecule has 0 spiro atoms. The summed E-state index contributed by atoms with van der Waals surface area (Å²) in [4.78, 5) is 15.1. The summed E-state index contributed by atoms with van der Waals surface area (Å²) in [5.74, 6) is 0.929. The Balaban J connectivity index is 0.00000216. The third-order valence-electron chi connectivity index (χ3n) is 6.41. The van der Waals surface area contributed by atoms with E-state index in [1.165, 1.54) is 5.56 Å². The summed E-state index contributed by atoms with van der Waals surface area (Å²) in [5.41, 5.74) is 15.8. The van der Waals surface area contributed by atoms with Gasteiger partial charge in [0.1, 0.15) is 5.75 Å². The van der Waals surface area contributed by atoms with Crippen LogP contribution in [0.2, 0.25) is 0 Å². The normalized spacial score (nSPS) is 12.4. The fourth-order valence-electron chi connectivity index (χ4n) is 4.57. The Labute approximate surface area is 232 Å². The monoisotopic (exact) mass is 554 g/mol. The van der Waals surface area contributed by atoms with Crippen molar-refractivity contribution >= 4 is 65.3 Å². The molecule has 6 nitrogen and oxygen atoms in total. The Bertz CT molecular complexity index is 1110. The quantitative estimate of drug-likeness (QED) is 0.241. The lowest BCUT2D eigenvalue weighted by Crippen LogP contribution is -2.29. The summed E-state index contributed by atoms with van der Waals surface area (Å²) in [6.07, 6.45) is 4.88. The predicted octanol–water partition coefficient (Wildman–Crippen LogP) is 5.92. The molecule has 1 atom stereocenters. The minimum atomic E-state index is 0. The molecule has 1 heterocycles. The Kier molecular flexibility index (Phi) is 13.4. The van der Waals surface area contributed by atoms with Crippen molar-refractivity contribution in [2.75, 3.05) is 30.4 Å². The van der Waals surface area contributed by atoms with E-state index >= 15 is 0 Å². The summed E-state index contributed by atoms with van der Waals surface area (Å²) in [5, 5.41) is 5.65. The van der Waals surface area contributed by atoms with Gasteiger partial charge < -0.3 is 26.4 Å². The number of rotatable bonds is 12. The number of carbonyl (C=O) groups excluding carboxylic acids is 1. The maximum atomic E-state index is 13.2. The van der Waals surface area contributed by atoms with Crippen molar-refractivity contribution in [3.05, 3.63) is 65.7 Å². The number of carbonyl (C=O) groups is 1. The zero-order chi connectivity index (χ0) is 23.2. The molecule has 36 heavy (non-hydrogen) atoms. The van der Waals surface area contributed by atoms with Crippen LogP contribution < -0.4 is 26.4 Å². The first-order valence-electron chi connectivity index (χ1n) is 11.8. The van der Waals surface area contributed by atoms with Crippen LogP contribution in [0.4, 0.5) is 11.4 Å². The molecule has 0 saturated heterocycles. The number of nitrogens with two attached hydrogens (primary N) is 2. The van der Waals surface area contributed by atoms with Gasteiger partial charge in [-0.15, -0.1) is 37.2 Å². The van der Waals surface area contributed by atoms with Crippen LogP contribution in [0.1, 0.15) is 48.0 Å². The van der Waals surface area contributed by atoms with E-state index in [2.05, 4.69) is 35.6 Å². The zero-order valence-corrected chi connectivity index (χ0v) is 23.0. The molecule has 5 N–H and O–H groups in total. The number of nitrogens with zero attached hydrogens (tertiary/aromatic N) is 1. The van der Waals surface area contributed by atoms with Gasteiger partial charge in [-0.2, -0.15) is 0 Å². The van der Waals surface area contributed by atoms with Crippen molar-refractivity contribution < 1.29 is 9.53 Å². The van der Waals surface area contributed by atoms with Crippen LogP contribution in [-0.4, -0.2) is 32.1 Å². The molecular weight excluding hydrogens is 519 g/mol. The van der Waals surface area contributed by atoms with Crippen LogP contribution in [0.3, 0.4) is 0 Å². The van der Waals surface area contributed by atoms with E-state index in [9.17, 15) is 4.79 Å². The predicted molar refractivity (Wildman–Crippen MR) is 158 cm³/mol. The lowest BCUT2D eigenvalue weighted by molar-refractivity contribution is 0.0992. The van der Waals surface area contributed by atoms with E-state index in [1.807, 2.05) is 29.2 Å². The molecule has 3 aromatic rings. The number of anilines is 2. The summed E-state index contributed by atoms with van der Waals surface area (Å²) in [7, 11) is 1.67. The molecule has 1 aliphatic heterocycles. The number of methoxy groups -OCH3 is 1. The molecule has 0 radical (unpaired) electrons. The van der Waals surface area contributed by atoms with Crippen molar-refractivity contribution in [2.24, 2.45) is 11.5 Å².